The first-order chi connectivity index (χ1) is 11.9. The van der Waals surface area contributed by atoms with Crippen LogP contribution in [0, 0.1) is 20.8 Å². The summed E-state index contributed by atoms with van der Waals surface area (Å²) in [7, 11) is 0. The summed E-state index contributed by atoms with van der Waals surface area (Å²) in [5.74, 6) is 0.0582. The number of esters is 2. The fourth-order valence-corrected chi connectivity index (χ4v) is 2.65. The van der Waals surface area contributed by atoms with Gasteiger partial charge in [0.15, 0.2) is 0 Å². The number of fused-ring (bicyclic) bond motifs is 1. The molecule has 0 saturated heterocycles. The van der Waals surface area contributed by atoms with Gasteiger partial charge in [0.25, 0.3) is 0 Å². The molecule has 3 rings (SSSR count). The lowest BCUT2D eigenvalue weighted by molar-refractivity contribution is 0.0526. The predicted molar refractivity (Wildman–Crippen MR) is 87.8 cm³/mol. The maximum absolute atomic E-state index is 12.3. The summed E-state index contributed by atoms with van der Waals surface area (Å²) in [5.41, 5.74) is 1.58. The van der Waals surface area contributed by atoms with Crippen molar-refractivity contribution in [1.29, 1.82) is 0 Å². The second kappa shape index (κ2) is 6.43. The average Bonchev–Trinajstić information content (AvgIpc) is 3.05. The van der Waals surface area contributed by atoms with Crippen LogP contribution in [0.1, 0.15) is 44.9 Å². The monoisotopic (exact) mass is 343 g/mol. The van der Waals surface area contributed by atoms with Crippen LogP contribution in [0.3, 0.4) is 0 Å². The normalized spacial score (nSPS) is 10.9. The number of aryl methyl sites for hydroxylation is 3. The van der Waals surface area contributed by atoms with Crippen LogP contribution < -0.4 is 4.74 Å². The first-order valence-electron chi connectivity index (χ1n) is 7.77. The predicted octanol–water partition coefficient (Wildman–Crippen LogP) is 3.74. The Morgan fingerprint density at radius 2 is 1.84 bits per heavy atom. The highest BCUT2D eigenvalue weighted by Gasteiger charge is 2.22. The summed E-state index contributed by atoms with van der Waals surface area (Å²) in [6, 6.07) is 4.81. The lowest BCUT2D eigenvalue weighted by Crippen LogP contribution is -2.10. The molecule has 0 bridgehead atoms. The van der Waals surface area contributed by atoms with Crippen molar-refractivity contribution in [3.05, 3.63) is 46.5 Å². The molecule has 0 unspecified atom stereocenters. The Morgan fingerprint density at radius 3 is 2.48 bits per heavy atom. The van der Waals surface area contributed by atoms with Gasteiger partial charge >= 0.3 is 11.9 Å². The zero-order chi connectivity index (χ0) is 18.1. The van der Waals surface area contributed by atoms with Crippen molar-refractivity contribution in [3.8, 4) is 5.75 Å². The molecule has 25 heavy (non-hydrogen) atoms. The Bertz CT molecular complexity index is 946. The third-order valence-electron chi connectivity index (χ3n) is 3.76. The van der Waals surface area contributed by atoms with Crippen molar-refractivity contribution in [1.82, 2.24) is 5.16 Å². The molecule has 3 aromatic rings. The molecule has 0 N–H and O–H groups in total. The van der Waals surface area contributed by atoms with Gasteiger partial charge in [-0.15, -0.1) is 0 Å². The fraction of sp³-hybridized carbons (Fsp3) is 0.278. The molecule has 2 heterocycles. The average molecular weight is 343 g/mol. The Morgan fingerprint density at radius 1 is 1.08 bits per heavy atom. The highest BCUT2D eigenvalue weighted by molar-refractivity contribution is 6.05. The lowest BCUT2D eigenvalue weighted by atomic mass is 10.1. The van der Waals surface area contributed by atoms with Gasteiger partial charge in [0.1, 0.15) is 34.0 Å². The Labute approximate surface area is 143 Å². The summed E-state index contributed by atoms with van der Waals surface area (Å²) < 4.78 is 21.0. The zero-order valence-electron chi connectivity index (χ0n) is 14.3. The van der Waals surface area contributed by atoms with Crippen molar-refractivity contribution in [2.24, 2.45) is 0 Å². The van der Waals surface area contributed by atoms with E-state index in [1.54, 1.807) is 45.9 Å². The fourth-order valence-electron chi connectivity index (χ4n) is 2.65. The Hall–Kier alpha value is -3.09. The maximum atomic E-state index is 12.3. The van der Waals surface area contributed by atoms with E-state index in [1.165, 1.54) is 0 Å². The molecule has 1 aromatic carbocycles. The smallest absolute Gasteiger partial charge is 0.349 e. The highest BCUT2D eigenvalue weighted by Crippen LogP contribution is 2.30. The minimum Gasteiger partial charge on any atom is -0.462 e. The second-order valence-electron chi connectivity index (χ2n) is 5.50. The molecule has 0 aliphatic rings. The molecule has 0 aliphatic carbocycles. The van der Waals surface area contributed by atoms with E-state index < -0.39 is 11.9 Å². The number of carbonyl (C=O) groups excluding carboxylic acids is 2. The van der Waals surface area contributed by atoms with Crippen LogP contribution in [0.25, 0.3) is 11.0 Å². The van der Waals surface area contributed by atoms with Gasteiger partial charge in [-0.05, 0) is 45.9 Å². The van der Waals surface area contributed by atoms with Crippen LogP contribution in [0.15, 0.2) is 27.1 Å². The largest absolute Gasteiger partial charge is 0.462 e. The van der Waals surface area contributed by atoms with E-state index in [4.69, 9.17) is 18.4 Å². The number of rotatable bonds is 4. The second-order valence-corrected chi connectivity index (χ2v) is 5.50. The van der Waals surface area contributed by atoms with E-state index in [2.05, 4.69) is 5.16 Å². The molecule has 7 nitrogen and oxygen atoms in total. The number of benzene rings is 1. The minimum absolute atomic E-state index is 0.256. The summed E-state index contributed by atoms with van der Waals surface area (Å²) in [4.78, 5) is 24.5. The first-order valence-corrected chi connectivity index (χ1v) is 7.77. The summed E-state index contributed by atoms with van der Waals surface area (Å²) in [6.45, 7) is 6.96. The Kier molecular flexibility index (Phi) is 4.31. The molecular weight excluding hydrogens is 326 g/mol. The topological polar surface area (TPSA) is 91.8 Å². The Balaban J connectivity index is 1.97. The van der Waals surface area contributed by atoms with E-state index in [0.29, 0.717) is 33.7 Å². The number of hydrogen-bond acceptors (Lipinski definition) is 7. The minimum atomic E-state index is -0.575. The van der Waals surface area contributed by atoms with Crippen molar-refractivity contribution < 1.29 is 28.0 Å². The molecule has 0 spiro atoms. The quantitative estimate of drug-likeness (QED) is 0.526. The van der Waals surface area contributed by atoms with Crippen LogP contribution in [-0.2, 0) is 4.74 Å². The number of aromatic nitrogens is 1. The maximum Gasteiger partial charge on any atom is 0.349 e. The number of carbonyl (C=O) groups is 2. The molecule has 0 amide bonds. The van der Waals surface area contributed by atoms with Crippen molar-refractivity contribution in [3.63, 3.8) is 0 Å². The molecular formula is C18H17NO6. The van der Waals surface area contributed by atoms with Crippen LogP contribution in [0.5, 0.6) is 5.75 Å². The SMILES string of the molecule is CCOC(=O)c1c(C)oc2ccc(OC(=O)c3c(C)noc3C)cc12. The van der Waals surface area contributed by atoms with Gasteiger partial charge in [-0.2, -0.15) is 0 Å². The molecule has 0 saturated carbocycles. The van der Waals surface area contributed by atoms with E-state index in [1.807, 2.05) is 0 Å². The van der Waals surface area contributed by atoms with Gasteiger partial charge in [0.05, 0.1) is 12.3 Å². The van der Waals surface area contributed by atoms with Gasteiger partial charge < -0.3 is 18.4 Å². The molecule has 0 atom stereocenters. The van der Waals surface area contributed by atoms with E-state index in [9.17, 15) is 9.59 Å². The summed E-state index contributed by atoms with van der Waals surface area (Å²) in [6.07, 6.45) is 0. The molecule has 7 heteroatoms. The van der Waals surface area contributed by atoms with Crippen LogP contribution in [0.2, 0.25) is 0 Å². The first kappa shape index (κ1) is 16.8. The molecule has 130 valence electrons. The van der Waals surface area contributed by atoms with Gasteiger partial charge in [-0.3, -0.25) is 0 Å². The number of nitrogens with zero attached hydrogens (tertiary/aromatic N) is 1. The van der Waals surface area contributed by atoms with Crippen molar-refractivity contribution in [2.45, 2.75) is 27.7 Å². The number of furan rings is 1. The van der Waals surface area contributed by atoms with E-state index in [0.717, 1.165) is 0 Å². The lowest BCUT2D eigenvalue weighted by Gasteiger charge is -2.04. The van der Waals surface area contributed by atoms with Crippen LogP contribution >= 0.6 is 0 Å². The van der Waals surface area contributed by atoms with Crippen molar-refractivity contribution in [2.75, 3.05) is 6.61 Å². The van der Waals surface area contributed by atoms with Crippen molar-refractivity contribution >= 4 is 22.9 Å². The van der Waals surface area contributed by atoms with Crippen LogP contribution in [0.4, 0.5) is 0 Å². The molecule has 0 aliphatic heterocycles. The molecule has 2 aromatic heterocycles. The molecule has 0 radical (unpaired) electrons. The van der Waals surface area contributed by atoms with Gasteiger partial charge in [-0.1, -0.05) is 5.16 Å². The summed E-state index contributed by atoms with van der Waals surface area (Å²) in [5, 5.41) is 4.27. The van der Waals surface area contributed by atoms with E-state index in [-0.39, 0.29) is 17.9 Å². The van der Waals surface area contributed by atoms with Gasteiger partial charge in [0.2, 0.25) is 0 Å². The highest BCUT2D eigenvalue weighted by atomic mass is 16.5. The molecule has 0 fully saturated rings. The third kappa shape index (κ3) is 3.00. The number of ether oxygens (including phenoxy) is 2. The standard InChI is InChI=1S/C18H17NO6/c1-5-22-17(20)16-10(3)23-14-7-6-12(8-13(14)16)24-18(21)15-9(2)19-25-11(15)4/h6-8H,5H2,1-4H3. The van der Waals surface area contributed by atoms with Gasteiger partial charge in [-0.25, -0.2) is 9.59 Å². The zero-order valence-corrected chi connectivity index (χ0v) is 14.3. The summed E-state index contributed by atoms with van der Waals surface area (Å²) >= 11 is 0. The number of hydrogen-bond donors (Lipinski definition) is 0. The van der Waals surface area contributed by atoms with E-state index >= 15 is 0 Å². The third-order valence-corrected chi connectivity index (χ3v) is 3.76. The van der Waals surface area contributed by atoms with Crippen LogP contribution in [-0.4, -0.2) is 23.7 Å². The van der Waals surface area contributed by atoms with Gasteiger partial charge in [0, 0.05) is 5.39 Å².